The topological polar surface area (TPSA) is 49.4 Å². The normalized spacial score (nSPS) is 31.1. The fourth-order valence-electron chi connectivity index (χ4n) is 2.60. The number of nitrogens with one attached hydrogen (secondary N) is 1. The Hall–Kier alpha value is -1.06. The number of hydrogen-bond acceptors (Lipinski definition) is 2. The van der Waals surface area contributed by atoms with E-state index < -0.39 is 0 Å². The van der Waals surface area contributed by atoms with Gasteiger partial charge in [0.15, 0.2) is 0 Å². The van der Waals surface area contributed by atoms with Crippen LogP contribution >= 0.6 is 0 Å². The molecule has 4 heteroatoms. The van der Waals surface area contributed by atoms with E-state index in [-0.39, 0.29) is 17.7 Å². The van der Waals surface area contributed by atoms with Crippen LogP contribution in [0.3, 0.4) is 0 Å². The van der Waals surface area contributed by atoms with Gasteiger partial charge >= 0.3 is 0 Å². The molecule has 16 heavy (non-hydrogen) atoms. The van der Waals surface area contributed by atoms with E-state index >= 15 is 0 Å². The van der Waals surface area contributed by atoms with Crippen molar-refractivity contribution in [3.63, 3.8) is 0 Å². The smallest absolute Gasteiger partial charge is 0.227 e. The molecule has 2 rings (SSSR count). The molecule has 0 saturated carbocycles. The molecular weight excluding hydrogens is 204 g/mol. The zero-order valence-corrected chi connectivity index (χ0v) is 9.87. The van der Waals surface area contributed by atoms with Crippen molar-refractivity contribution in [2.45, 2.75) is 45.1 Å². The van der Waals surface area contributed by atoms with E-state index in [1.165, 1.54) is 6.42 Å². The molecule has 2 aliphatic heterocycles. The number of piperidine rings is 2. The molecule has 2 heterocycles. The van der Waals surface area contributed by atoms with Gasteiger partial charge in [0.05, 0.1) is 5.92 Å². The van der Waals surface area contributed by atoms with Gasteiger partial charge < -0.3 is 10.2 Å². The van der Waals surface area contributed by atoms with E-state index in [9.17, 15) is 9.59 Å². The highest BCUT2D eigenvalue weighted by molar-refractivity contribution is 5.84. The Bertz CT molecular complexity index is 281. The minimum atomic E-state index is 0.0123. The van der Waals surface area contributed by atoms with Crippen molar-refractivity contribution >= 4 is 11.8 Å². The summed E-state index contributed by atoms with van der Waals surface area (Å²) in [6.45, 7) is 3.55. The third-order valence-electron chi connectivity index (χ3n) is 3.70. The molecule has 2 aliphatic rings. The van der Waals surface area contributed by atoms with Crippen molar-refractivity contribution in [3.05, 3.63) is 0 Å². The maximum Gasteiger partial charge on any atom is 0.227 e. The van der Waals surface area contributed by atoms with Crippen LogP contribution in [0.15, 0.2) is 0 Å². The Morgan fingerprint density at radius 3 is 2.81 bits per heavy atom. The summed E-state index contributed by atoms with van der Waals surface area (Å²) in [5.41, 5.74) is 0. The standard InChI is InChI=1S/C12H20N2O2/c1-9-4-2-3-7-14(9)12(16)10-5-6-11(15)13-8-10/h9-10H,2-8H2,1H3,(H,13,15). The predicted molar refractivity (Wildman–Crippen MR) is 60.8 cm³/mol. The van der Waals surface area contributed by atoms with E-state index in [4.69, 9.17) is 0 Å². The lowest BCUT2D eigenvalue weighted by atomic mass is 9.95. The van der Waals surface area contributed by atoms with Gasteiger partial charge in [0.25, 0.3) is 0 Å². The third-order valence-corrected chi connectivity index (χ3v) is 3.70. The summed E-state index contributed by atoms with van der Waals surface area (Å²) in [5.74, 6) is 0.334. The molecule has 0 aromatic heterocycles. The van der Waals surface area contributed by atoms with Gasteiger partial charge in [0, 0.05) is 25.6 Å². The number of rotatable bonds is 1. The Labute approximate surface area is 96.4 Å². The molecular formula is C12H20N2O2. The molecule has 0 aromatic rings. The molecule has 2 unspecified atom stereocenters. The lowest BCUT2D eigenvalue weighted by molar-refractivity contribution is -0.140. The molecule has 0 radical (unpaired) electrons. The first kappa shape index (κ1) is 11.4. The van der Waals surface area contributed by atoms with E-state index in [0.717, 1.165) is 19.4 Å². The van der Waals surface area contributed by atoms with Crippen LogP contribution in [0.5, 0.6) is 0 Å². The third kappa shape index (κ3) is 2.36. The summed E-state index contributed by atoms with van der Waals surface area (Å²) in [5, 5.41) is 2.78. The molecule has 2 fully saturated rings. The van der Waals surface area contributed by atoms with E-state index in [2.05, 4.69) is 12.2 Å². The van der Waals surface area contributed by atoms with Gasteiger partial charge in [-0.2, -0.15) is 0 Å². The second kappa shape index (κ2) is 4.85. The maximum absolute atomic E-state index is 12.2. The highest BCUT2D eigenvalue weighted by Crippen LogP contribution is 2.21. The highest BCUT2D eigenvalue weighted by atomic mass is 16.2. The summed E-state index contributed by atoms with van der Waals surface area (Å²) < 4.78 is 0. The molecule has 0 spiro atoms. The number of carbonyl (C=O) groups is 2. The summed E-state index contributed by atoms with van der Waals surface area (Å²) in [4.78, 5) is 25.3. The summed E-state index contributed by atoms with van der Waals surface area (Å²) in [6.07, 6.45) is 4.68. The van der Waals surface area contributed by atoms with Crippen molar-refractivity contribution in [2.75, 3.05) is 13.1 Å². The monoisotopic (exact) mass is 224 g/mol. The average molecular weight is 224 g/mol. The fraction of sp³-hybridized carbons (Fsp3) is 0.833. The first-order chi connectivity index (χ1) is 7.68. The molecule has 2 amide bonds. The molecule has 0 aliphatic carbocycles. The van der Waals surface area contributed by atoms with Gasteiger partial charge in [-0.15, -0.1) is 0 Å². The molecule has 2 atom stereocenters. The zero-order valence-electron chi connectivity index (χ0n) is 9.87. The van der Waals surface area contributed by atoms with Crippen LogP contribution in [-0.4, -0.2) is 35.8 Å². The van der Waals surface area contributed by atoms with Gasteiger partial charge in [-0.25, -0.2) is 0 Å². The van der Waals surface area contributed by atoms with Crippen LogP contribution in [0, 0.1) is 5.92 Å². The molecule has 2 saturated heterocycles. The van der Waals surface area contributed by atoms with E-state index in [1.807, 2.05) is 4.90 Å². The van der Waals surface area contributed by atoms with Crippen molar-refractivity contribution < 1.29 is 9.59 Å². The minimum Gasteiger partial charge on any atom is -0.355 e. The van der Waals surface area contributed by atoms with Crippen LogP contribution in [0.1, 0.15) is 39.0 Å². The summed E-state index contributed by atoms with van der Waals surface area (Å²) in [7, 11) is 0. The highest BCUT2D eigenvalue weighted by Gasteiger charge is 2.31. The minimum absolute atomic E-state index is 0.0123. The Morgan fingerprint density at radius 1 is 1.38 bits per heavy atom. The summed E-state index contributed by atoms with van der Waals surface area (Å²) >= 11 is 0. The Balaban J connectivity index is 1.93. The van der Waals surface area contributed by atoms with E-state index in [1.54, 1.807) is 0 Å². The van der Waals surface area contributed by atoms with Crippen molar-refractivity contribution in [1.82, 2.24) is 10.2 Å². The van der Waals surface area contributed by atoms with Crippen molar-refractivity contribution in [3.8, 4) is 0 Å². The molecule has 0 aromatic carbocycles. The number of hydrogen-bond donors (Lipinski definition) is 1. The van der Waals surface area contributed by atoms with Gasteiger partial charge in [-0.1, -0.05) is 0 Å². The largest absolute Gasteiger partial charge is 0.355 e. The Kier molecular flexibility index (Phi) is 3.46. The number of nitrogens with zero attached hydrogens (tertiary/aromatic N) is 1. The average Bonchev–Trinajstić information content (AvgIpc) is 2.30. The fourth-order valence-corrected chi connectivity index (χ4v) is 2.60. The molecule has 90 valence electrons. The quantitative estimate of drug-likeness (QED) is 0.720. The molecule has 1 N–H and O–H groups in total. The SMILES string of the molecule is CC1CCCCN1C(=O)C1CCC(=O)NC1. The van der Waals surface area contributed by atoms with Crippen LogP contribution in [0.4, 0.5) is 0 Å². The van der Waals surface area contributed by atoms with Crippen LogP contribution in [-0.2, 0) is 9.59 Å². The maximum atomic E-state index is 12.2. The lowest BCUT2D eigenvalue weighted by Crippen LogP contribution is -2.49. The van der Waals surface area contributed by atoms with Gasteiger partial charge in [0.2, 0.25) is 11.8 Å². The molecule has 4 nitrogen and oxygen atoms in total. The van der Waals surface area contributed by atoms with Gasteiger partial charge in [-0.05, 0) is 32.6 Å². The van der Waals surface area contributed by atoms with Crippen LogP contribution < -0.4 is 5.32 Å². The van der Waals surface area contributed by atoms with Crippen molar-refractivity contribution in [1.29, 1.82) is 0 Å². The number of likely N-dealkylation sites (tertiary alicyclic amines) is 1. The second-order valence-electron chi connectivity index (χ2n) is 4.92. The Morgan fingerprint density at radius 2 is 2.19 bits per heavy atom. The first-order valence-electron chi connectivity index (χ1n) is 6.25. The van der Waals surface area contributed by atoms with Crippen molar-refractivity contribution in [2.24, 2.45) is 5.92 Å². The van der Waals surface area contributed by atoms with Crippen LogP contribution in [0.25, 0.3) is 0 Å². The second-order valence-corrected chi connectivity index (χ2v) is 4.92. The summed E-state index contributed by atoms with van der Waals surface area (Å²) in [6, 6.07) is 0.374. The predicted octanol–water partition coefficient (Wildman–Crippen LogP) is 0.914. The number of carbonyl (C=O) groups excluding carboxylic acids is 2. The van der Waals surface area contributed by atoms with Crippen LogP contribution in [0.2, 0.25) is 0 Å². The van der Waals surface area contributed by atoms with Gasteiger partial charge in [-0.3, -0.25) is 9.59 Å². The first-order valence-corrected chi connectivity index (χ1v) is 6.25. The molecule has 0 bridgehead atoms. The zero-order chi connectivity index (χ0) is 11.5. The number of amides is 2. The van der Waals surface area contributed by atoms with E-state index in [0.29, 0.717) is 25.4 Å². The lowest BCUT2D eigenvalue weighted by Gasteiger charge is -2.36. The van der Waals surface area contributed by atoms with Gasteiger partial charge in [0.1, 0.15) is 0 Å².